The van der Waals surface area contributed by atoms with E-state index in [2.05, 4.69) is 0 Å². The van der Waals surface area contributed by atoms with Crippen LogP contribution in [0.5, 0.6) is 0 Å². The number of hydrogen-bond donors (Lipinski definition) is 1. The Morgan fingerprint density at radius 1 is 1.56 bits per heavy atom. The molecule has 2 atom stereocenters. The van der Waals surface area contributed by atoms with E-state index < -0.39 is 5.97 Å². The number of ether oxygens (including phenoxy) is 1. The Balaban J connectivity index is 2.49. The van der Waals surface area contributed by atoms with E-state index in [1.54, 1.807) is 23.8 Å². The number of thioether (sulfide) groups is 1. The quantitative estimate of drug-likeness (QED) is 0.789. The molecule has 1 rings (SSSR count). The van der Waals surface area contributed by atoms with E-state index in [0.29, 0.717) is 19.4 Å². The van der Waals surface area contributed by atoms with Crippen molar-refractivity contribution in [3.8, 4) is 0 Å². The summed E-state index contributed by atoms with van der Waals surface area (Å²) in [5, 5.41) is 8.85. The van der Waals surface area contributed by atoms with Gasteiger partial charge in [0.05, 0.1) is 18.6 Å². The third-order valence-corrected chi connectivity index (χ3v) is 4.22. The van der Waals surface area contributed by atoms with Gasteiger partial charge < -0.3 is 14.7 Å². The molecule has 0 spiro atoms. The molecular formula is C12H21NO4S. The second-order valence-electron chi connectivity index (χ2n) is 4.50. The van der Waals surface area contributed by atoms with Crippen LogP contribution in [-0.4, -0.2) is 59.2 Å². The van der Waals surface area contributed by atoms with Crippen molar-refractivity contribution in [2.75, 3.05) is 25.2 Å². The van der Waals surface area contributed by atoms with E-state index in [9.17, 15) is 9.59 Å². The largest absolute Gasteiger partial charge is 0.481 e. The van der Waals surface area contributed by atoms with Gasteiger partial charge in [0, 0.05) is 31.6 Å². The topological polar surface area (TPSA) is 66.8 Å². The van der Waals surface area contributed by atoms with Gasteiger partial charge in [0.25, 0.3) is 0 Å². The highest BCUT2D eigenvalue weighted by molar-refractivity contribution is 7.99. The van der Waals surface area contributed by atoms with Gasteiger partial charge in [-0.05, 0) is 13.3 Å². The number of amides is 1. The molecule has 1 fully saturated rings. The van der Waals surface area contributed by atoms with E-state index in [1.165, 1.54) is 0 Å². The molecule has 6 heteroatoms. The first-order valence-electron chi connectivity index (χ1n) is 6.16. The zero-order valence-corrected chi connectivity index (χ0v) is 11.7. The Kier molecular flexibility index (Phi) is 6.49. The fraction of sp³-hybridized carbons (Fsp3) is 0.833. The molecule has 1 N–H and O–H groups in total. The van der Waals surface area contributed by atoms with E-state index in [-0.39, 0.29) is 24.5 Å². The molecule has 1 saturated heterocycles. The molecule has 0 bridgehead atoms. The van der Waals surface area contributed by atoms with Crippen molar-refractivity contribution in [2.45, 2.75) is 38.3 Å². The summed E-state index contributed by atoms with van der Waals surface area (Å²) in [7, 11) is 1.62. The lowest BCUT2D eigenvalue weighted by Crippen LogP contribution is -2.47. The predicted molar refractivity (Wildman–Crippen MR) is 70.8 cm³/mol. The highest BCUT2D eigenvalue weighted by Gasteiger charge is 2.28. The maximum absolute atomic E-state index is 12.1. The van der Waals surface area contributed by atoms with Crippen molar-refractivity contribution in [3.05, 3.63) is 0 Å². The predicted octanol–water partition coefficient (Wildman–Crippen LogP) is 1.22. The lowest BCUT2D eigenvalue weighted by Gasteiger charge is -2.34. The number of aliphatic carboxylic acids is 1. The summed E-state index contributed by atoms with van der Waals surface area (Å²) in [6.07, 6.45) is 1.21. The van der Waals surface area contributed by atoms with Gasteiger partial charge in [0.1, 0.15) is 0 Å². The van der Waals surface area contributed by atoms with Gasteiger partial charge in [0.15, 0.2) is 0 Å². The minimum absolute atomic E-state index is 0.0402. The Morgan fingerprint density at radius 3 is 2.89 bits per heavy atom. The van der Waals surface area contributed by atoms with Gasteiger partial charge in [-0.3, -0.25) is 9.59 Å². The van der Waals surface area contributed by atoms with Crippen molar-refractivity contribution < 1.29 is 19.4 Å². The molecule has 0 aliphatic carbocycles. The molecule has 5 nitrogen and oxygen atoms in total. The zero-order chi connectivity index (χ0) is 13.5. The van der Waals surface area contributed by atoms with Gasteiger partial charge in [-0.1, -0.05) is 0 Å². The maximum Gasteiger partial charge on any atom is 0.305 e. The highest BCUT2D eigenvalue weighted by atomic mass is 32.2. The number of carboxylic acids is 1. The number of rotatable bonds is 6. The summed E-state index contributed by atoms with van der Waals surface area (Å²) in [6.45, 7) is 2.58. The summed E-state index contributed by atoms with van der Waals surface area (Å²) in [4.78, 5) is 24.6. The fourth-order valence-corrected chi connectivity index (χ4v) is 3.00. The monoisotopic (exact) mass is 275 g/mol. The third-order valence-electron chi connectivity index (χ3n) is 3.13. The number of nitrogens with zero attached hydrogens (tertiary/aromatic N) is 1. The lowest BCUT2D eigenvalue weighted by atomic mass is 10.1. The molecule has 104 valence electrons. The first-order valence-corrected chi connectivity index (χ1v) is 7.32. The van der Waals surface area contributed by atoms with E-state index in [1.807, 2.05) is 6.92 Å². The Bertz CT molecular complexity index is 298. The molecule has 1 aliphatic heterocycles. The molecule has 0 saturated carbocycles. The molecule has 1 amide bonds. The molecule has 0 aromatic carbocycles. The zero-order valence-electron chi connectivity index (χ0n) is 10.9. The summed E-state index contributed by atoms with van der Waals surface area (Å²) in [6, 6.07) is -0.161. The van der Waals surface area contributed by atoms with Crippen LogP contribution in [0, 0.1) is 0 Å². The van der Waals surface area contributed by atoms with Crippen LogP contribution in [0.4, 0.5) is 0 Å². The molecule has 1 aliphatic rings. The van der Waals surface area contributed by atoms with E-state index in [4.69, 9.17) is 9.84 Å². The first-order chi connectivity index (χ1) is 8.54. The van der Waals surface area contributed by atoms with Gasteiger partial charge >= 0.3 is 5.97 Å². The normalized spacial score (nSPS) is 21.7. The number of carboxylic acid groups (broad SMARTS) is 1. The standard InChI is InChI=1S/C12H21NO4S/c1-9(17-2)3-4-11(14)13-5-6-18-8-10(13)7-12(15)16/h9-10H,3-8H2,1-2H3,(H,15,16). The average Bonchev–Trinajstić information content (AvgIpc) is 2.35. The van der Waals surface area contributed by atoms with Crippen LogP contribution in [0.3, 0.4) is 0 Å². The van der Waals surface area contributed by atoms with Crippen LogP contribution in [0.2, 0.25) is 0 Å². The van der Waals surface area contributed by atoms with Crippen molar-refractivity contribution in [3.63, 3.8) is 0 Å². The molecule has 0 aromatic heterocycles. The second-order valence-corrected chi connectivity index (χ2v) is 5.65. The van der Waals surface area contributed by atoms with Crippen LogP contribution >= 0.6 is 11.8 Å². The van der Waals surface area contributed by atoms with Crippen LogP contribution < -0.4 is 0 Å². The number of methoxy groups -OCH3 is 1. The smallest absolute Gasteiger partial charge is 0.305 e. The third kappa shape index (κ3) is 4.86. The summed E-state index contributed by atoms with van der Waals surface area (Å²) in [5.74, 6) is 0.815. The minimum atomic E-state index is -0.842. The SMILES string of the molecule is COC(C)CCC(=O)N1CCSCC1CC(=O)O. The van der Waals surface area contributed by atoms with Crippen LogP contribution in [-0.2, 0) is 14.3 Å². The minimum Gasteiger partial charge on any atom is -0.481 e. The molecule has 0 aromatic rings. The summed E-state index contributed by atoms with van der Waals surface area (Å²) < 4.78 is 5.11. The van der Waals surface area contributed by atoms with Crippen molar-refractivity contribution in [1.82, 2.24) is 4.90 Å². The Hall–Kier alpha value is -0.750. The van der Waals surface area contributed by atoms with Gasteiger partial charge in [0.2, 0.25) is 5.91 Å². The maximum atomic E-state index is 12.1. The lowest BCUT2D eigenvalue weighted by molar-refractivity contribution is -0.140. The molecule has 18 heavy (non-hydrogen) atoms. The van der Waals surface area contributed by atoms with Crippen LogP contribution in [0.25, 0.3) is 0 Å². The molecule has 1 heterocycles. The summed E-state index contributed by atoms with van der Waals surface area (Å²) >= 11 is 1.71. The van der Waals surface area contributed by atoms with E-state index >= 15 is 0 Å². The number of hydrogen-bond acceptors (Lipinski definition) is 4. The molecular weight excluding hydrogens is 254 g/mol. The number of carbonyl (C=O) groups is 2. The number of carbonyl (C=O) groups excluding carboxylic acids is 1. The van der Waals surface area contributed by atoms with Crippen molar-refractivity contribution in [2.24, 2.45) is 0 Å². The van der Waals surface area contributed by atoms with Gasteiger partial charge in [-0.2, -0.15) is 11.8 Å². The van der Waals surface area contributed by atoms with Gasteiger partial charge in [-0.15, -0.1) is 0 Å². The van der Waals surface area contributed by atoms with Crippen LogP contribution in [0.1, 0.15) is 26.2 Å². The average molecular weight is 275 g/mol. The Morgan fingerprint density at radius 2 is 2.28 bits per heavy atom. The van der Waals surface area contributed by atoms with Crippen molar-refractivity contribution >= 4 is 23.6 Å². The highest BCUT2D eigenvalue weighted by Crippen LogP contribution is 2.20. The first kappa shape index (κ1) is 15.3. The van der Waals surface area contributed by atoms with Gasteiger partial charge in [-0.25, -0.2) is 0 Å². The van der Waals surface area contributed by atoms with E-state index in [0.717, 1.165) is 11.5 Å². The summed E-state index contributed by atoms with van der Waals surface area (Å²) in [5.41, 5.74) is 0. The second kappa shape index (κ2) is 7.63. The Labute approximate surface area is 112 Å². The molecule has 2 unspecified atom stereocenters. The van der Waals surface area contributed by atoms with Crippen molar-refractivity contribution in [1.29, 1.82) is 0 Å². The molecule has 0 radical (unpaired) electrons. The van der Waals surface area contributed by atoms with Crippen LogP contribution in [0.15, 0.2) is 0 Å². The fourth-order valence-electron chi connectivity index (χ4n) is 1.94.